The molecule has 1 aromatic carbocycles. The number of benzene rings is 1. The van der Waals surface area contributed by atoms with Crippen LogP contribution in [-0.2, 0) is 12.8 Å². The zero-order valence-corrected chi connectivity index (χ0v) is 12.6. The van der Waals surface area contributed by atoms with Gasteiger partial charge in [-0.1, -0.05) is 37.6 Å². The van der Waals surface area contributed by atoms with Crippen LogP contribution in [0.3, 0.4) is 0 Å². The average Bonchev–Trinajstić information content (AvgIpc) is 3.10. The van der Waals surface area contributed by atoms with E-state index in [1.165, 1.54) is 43.2 Å². The van der Waals surface area contributed by atoms with Crippen LogP contribution >= 0.6 is 0 Å². The number of rotatable bonds is 3. The second-order valence-corrected chi connectivity index (χ2v) is 7.65. The van der Waals surface area contributed by atoms with Crippen molar-refractivity contribution in [2.24, 2.45) is 29.4 Å². The van der Waals surface area contributed by atoms with Crippen LogP contribution in [0, 0.1) is 23.7 Å². The van der Waals surface area contributed by atoms with Gasteiger partial charge in [-0.15, -0.1) is 0 Å². The highest BCUT2D eigenvalue weighted by atomic mass is 14.8. The van der Waals surface area contributed by atoms with Crippen molar-refractivity contribution in [2.75, 3.05) is 0 Å². The smallest absolute Gasteiger partial charge is 0.0229 e. The molecule has 4 rings (SSSR count). The molecule has 108 valence electrons. The van der Waals surface area contributed by atoms with Gasteiger partial charge >= 0.3 is 0 Å². The summed E-state index contributed by atoms with van der Waals surface area (Å²) in [7, 11) is 0. The van der Waals surface area contributed by atoms with Gasteiger partial charge in [0.1, 0.15) is 0 Å². The highest BCUT2D eigenvalue weighted by Crippen LogP contribution is 2.62. The third-order valence-electron chi connectivity index (χ3n) is 6.65. The van der Waals surface area contributed by atoms with E-state index in [1.807, 2.05) is 0 Å². The molecule has 0 aliphatic heterocycles. The average molecular weight is 269 g/mol. The summed E-state index contributed by atoms with van der Waals surface area (Å²) >= 11 is 0. The van der Waals surface area contributed by atoms with Gasteiger partial charge < -0.3 is 5.73 Å². The molecule has 2 bridgehead atoms. The quantitative estimate of drug-likeness (QED) is 0.883. The van der Waals surface area contributed by atoms with Crippen molar-refractivity contribution in [1.29, 1.82) is 0 Å². The second-order valence-electron chi connectivity index (χ2n) is 7.65. The lowest BCUT2D eigenvalue weighted by Gasteiger charge is -2.40. The third-order valence-corrected chi connectivity index (χ3v) is 6.65. The van der Waals surface area contributed by atoms with Crippen LogP contribution in [0.25, 0.3) is 0 Å². The molecule has 1 heteroatoms. The highest BCUT2D eigenvalue weighted by Gasteiger charge is 2.58. The maximum Gasteiger partial charge on any atom is 0.0229 e. The van der Waals surface area contributed by atoms with E-state index in [0.717, 1.165) is 36.5 Å². The zero-order valence-electron chi connectivity index (χ0n) is 12.6. The van der Waals surface area contributed by atoms with Crippen LogP contribution in [0.1, 0.15) is 50.2 Å². The van der Waals surface area contributed by atoms with Gasteiger partial charge in [-0.05, 0) is 73.3 Å². The summed E-state index contributed by atoms with van der Waals surface area (Å²) in [5, 5.41) is 0. The predicted octanol–water partition coefficient (Wildman–Crippen LogP) is 3.95. The lowest BCUT2D eigenvalue weighted by molar-refractivity contribution is 0.156. The maximum atomic E-state index is 6.90. The largest absolute Gasteiger partial charge is 0.325 e. The van der Waals surface area contributed by atoms with Crippen LogP contribution in [0.5, 0.6) is 0 Å². The Balaban J connectivity index is 1.53. The van der Waals surface area contributed by atoms with Crippen molar-refractivity contribution in [3.05, 3.63) is 35.4 Å². The normalized spacial score (nSPS) is 42.1. The summed E-state index contributed by atoms with van der Waals surface area (Å²) < 4.78 is 0. The summed E-state index contributed by atoms with van der Waals surface area (Å²) in [6, 6.07) is 9.19. The van der Waals surface area contributed by atoms with Crippen molar-refractivity contribution in [2.45, 2.75) is 57.4 Å². The molecule has 3 saturated carbocycles. The van der Waals surface area contributed by atoms with Crippen LogP contribution in [-0.4, -0.2) is 5.54 Å². The molecule has 0 saturated heterocycles. The van der Waals surface area contributed by atoms with Crippen molar-refractivity contribution < 1.29 is 0 Å². The SMILES string of the molecule is CCc1ccc(CC2(N)CC3CC2C2CCCC32)cc1. The topological polar surface area (TPSA) is 26.0 Å². The Hall–Kier alpha value is -0.820. The minimum atomic E-state index is 0.101. The van der Waals surface area contributed by atoms with Crippen LogP contribution < -0.4 is 5.73 Å². The van der Waals surface area contributed by atoms with Gasteiger partial charge in [-0.2, -0.15) is 0 Å². The Morgan fingerprint density at radius 3 is 2.55 bits per heavy atom. The molecule has 0 spiro atoms. The van der Waals surface area contributed by atoms with E-state index < -0.39 is 0 Å². The summed E-state index contributed by atoms with van der Waals surface area (Å²) in [5.41, 5.74) is 9.89. The Labute approximate surface area is 122 Å². The predicted molar refractivity (Wildman–Crippen MR) is 83.5 cm³/mol. The first-order valence-corrected chi connectivity index (χ1v) is 8.56. The van der Waals surface area contributed by atoms with Gasteiger partial charge in [0.25, 0.3) is 0 Å². The summed E-state index contributed by atoms with van der Waals surface area (Å²) in [4.78, 5) is 0. The van der Waals surface area contributed by atoms with Crippen molar-refractivity contribution >= 4 is 0 Å². The number of fused-ring (bicyclic) bond motifs is 5. The monoisotopic (exact) mass is 269 g/mol. The molecule has 1 aromatic rings. The second kappa shape index (κ2) is 4.59. The number of hydrogen-bond acceptors (Lipinski definition) is 1. The van der Waals surface area contributed by atoms with Gasteiger partial charge in [0.2, 0.25) is 0 Å². The summed E-state index contributed by atoms with van der Waals surface area (Å²) in [6.45, 7) is 2.22. The Morgan fingerprint density at radius 2 is 1.80 bits per heavy atom. The molecule has 3 aliphatic carbocycles. The van der Waals surface area contributed by atoms with E-state index in [9.17, 15) is 0 Å². The van der Waals surface area contributed by atoms with E-state index >= 15 is 0 Å². The summed E-state index contributed by atoms with van der Waals surface area (Å²) in [6.07, 6.45) is 9.35. The molecular weight excluding hydrogens is 242 g/mol. The van der Waals surface area contributed by atoms with Crippen LogP contribution in [0.2, 0.25) is 0 Å². The Morgan fingerprint density at radius 1 is 1.10 bits per heavy atom. The lowest BCUT2D eigenvalue weighted by atomic mass is 9.69. The number of nitrogens with two attached hydrogens (primary N) is 1. The van der Waals surface area contributed by atoms with E-state index in [1.54, 1.807) is 0 Å². The van der Waals surface area contributed by atoms with Gasteiger partial charge in [0.05, 0.1) is 0 Å². The molecule has 3 fully saturated rings. The molecule has 5 unspecified atom stereocenters. The van der Waals surface area contributed by atoms with E-state index in [0.29, 0.717) is 0 Å². The fraction of sp³-hybridized carbons (Fsp3) is 0.684. The standard InChI is InChI=1S/C19H27N/c1-2-13-6-8-14(9-7-13)11-19(20)12-15-10-18(19)17-5-3-4-16(15)17/h6-9,15-18H,2-5,10-12,20H2,1H3. The number of aryl methyl sites for hydroxylation is 1. The van der Waals surface area contributed by atoms with E-state index in [4.69, 9.17) is 5.73 Å². The van der Waals surface area contributed by atoms with E-state index in [-0.39, 0.29) is 5.54 Å². The highest BCUT2D eigenvalue weighted by molar-refractivity contribution is 5.26. The molecule has 0 aromatic heterocycles. The maximum absolute atomic E-state index is 6.90. The Bertz CT molecular complexity index is 491. The minimum absolute atomic E-state index is 0.101. The number of hydrogen-bond donors (Lipinski definition) is 1. The molecule has 1 nitrogen and oxygen atoms in total. The molecule has 3 aliphatic rings. The molecule has 5 atom stereocenters. The minimum Gasteiger partial charge on any atom is -0.325 e. The fourth-order valence-electron chi connectivity index (χ4n) is 5.79. The van der Waals surface area contributed by atoms with Gasteiger partial charge in [-0.25, -0.2) is 0 Å². The van der Waals surface area contributed by atoms with Gasteiger partial charge in [-0.3, -0.25) is 0 Å². The molecule has 2 N–H and O–H groups in total. The molecule has 20 heavy (non-hydrogen) atoms. The van der Waals surface area contributed by atoms with Gasteiger partial charge in [0.15, 0.2) is 0 Å². The first-order valence-electron chi connectivity index (χ1n) is 8.56. The van der Waals surface area contributed by atoms with Gasteiger partial charge in [0, 0.05) is 5.54 Å². The lowest BCUT2D eigenvalue weighted by Crippen LogP contribution is -2.50. The van der Waals surface area contributed by atoms with Crippen molar-refractivity contribution in [3.63, 3.8) is 0 Å². The van der Waals surface area contributed by atoms with E-state index in [2.05, 4.69) is 31.2 Å². The van der Waals surface area contributed by atoms with Crippen molar-refractivity contribution in [1.82, 2.24) is 0 Å². The molecule has 0 amide bonds. The molecular formula is C19H27N. The summed E-state index contributed by atoms with van der Waals surface area (Å²) in [5.74, 6) is 3.77. The van der Waals surface area contributed by atoms with Crippen LogP contribution in [0.4, 0.5) is 0 Å². The fourth-order valence-corrected chi connectivity index (χ4v) is 5.79. The Kier molecular flexibility index (Phi) is 2.96. The molecule has 0 radical (unpaired) electrons. The van der Waals surface area contributed by atoms with Crippen molar-refractivity contribution in [3.8, 4) is 0 Å². The third kappa shape index (κ3) is 1.86. The molecule has 0 heterocycles. The van der Waals surface area contributed by atoms with Crippen LogP contribution in [0.15, 0.2) is 24.3 Å². The first kappa shape index (κ1) is 12.9. The zero-order chi connectivity index (χ0) is 13.7. The first-order chi connectivity index (χ1) is 9.69.